The van der Waals surface area contributed by atoms with Crippen LogP contribution in [0.15, 0.2) is 22.7 Å². The van der Waals surface area contributed by atoms with Crippen LogP contribution in [0.25, 0.3) is 0 Å². The van der Waals surface area contributed by atoms with Gasteiger partial charge in [0.05, 0.1) is 15.5 Å². The normalized spacial score (nSPS) is 11.8. The van der Waals surface area contributed by atoms with Crippen molar-refractivity contribution in [1.82, 2.24) is 0 Å². The molecule has 1 aromatic carbocycles. The average Bonchev–Trinajstić information content (AvgIpc) is 2.22. The predicted molar refractivity (Wildman–Crippen MR) is 68.5 cm³/mol. The van der Waals surface area contributed by atoms with Crippen LogP contribution in [0.4, 0.5) is 4.39 Å². The minimum Gasteiger partial charge on any atom is -0.491 e. The topological polar surface area (TPSA) is 43.4 Å². The Kier molecular flexibility index (Phi) is 4.94. The van der Waals surface area contributed by atoms with E-state index in [0.29, 0.717) is 10.2 Å². The Bertz CT molecular complexity index is 485. The summed E-state index contributed by atoms with van der Waals surface area (Å²) in [7, 11) is -3.13. The molecule has 0 saturated carbocycles. The Morgan fingerprint density at radius 1 is 1.41 bits per heavy atom. The number of hydrogen-bond acceptors (Lipinski definition) is 3. The molecule has 0 heterocycles. The van der Waals surface area contributed by atoms with E-state index in [0.717, 1.165) is 0 Å². The summed E-state index contributed by atoms with van der Waals surface area (Å²) in [5.41, 5.74) is 0. The molecule has 0 saturated heterocycles. The lowest BCUT2D eigenvalue weighted by Crippen LogP contribution is -2.22. The van der Waals surface area contributed by atoms with E-state index in [1.54, 1.807) is 13.8 Å². The van der Waals surface area contributed by atoms with Gasteiger partial charge in [-0.2, -0.15) is 0 Å². The van der Waals surface area contributed by atoms with Crippen LogP contribution < -0.4 is 4.74 Å². The van der Waals surface area contributed by atoms with Crippen molar-refractivity contribution in [1.29, 1.82) is 0 Å². The monoisotopic (exact) mass is 324 g/mol. The Morgan fingerprint density at radius 3 is 2.65 bits per heavy atom. The molecule has 0 N–H and O–H groups in total. The maximum Gasteiger partial charge on any atom is 0.155 e. The van der Waals surface area contributed by atoms with Crippen LogP contribution in [0.2, 0.25) is 0 Å². The zero-order chi connectivity index (χ0) is 13.1. The summed E-state index contributed by atoms with van der Waals surface area (Å²) in [5, 5.41) is -0.429. The van der Waals surface area contributed by atoms with E-state index in [9.17, 15) is 12.8 Å². The maximum atomic E-state index is 12.9. The third kappa shape index (κ3) is 4.27. The van der Waals surface area contributed by atoms with Gasteiger partial charge in [-0.1, -0.05) is 0 Å². The summed E-state index contributed by atoms with van der Waals surface area (Å²) in [4.78, 5) is 0. The SMILES string of the molecule is CC(C)S(=O)(=O)CCOc1cc(F)ccc1Br. The van der Waals surface area contributed by atoms with Gasteiger partial charge >= 0.3 is 0 Å². The number of sulfone groups is 1. The van der Waals surface area contributed by atoms with E-state index in [4.69, 9.17) is 4.74 Å². The van der Waals surface area contributed by atoms with E-state index >= 15 is 0 Å². The third-order valence-corrected chi connectivity index (χ3v) is 5.06. The fourth-order valence-electron chi connectivity index (χ4n) is 1.09. The molecule has 0 aliphatic rings. The zero-order valence-electron chi connectivity index (χ0n) is 9.61. The second-order valence-electron chi connectivity index (χ2n) is 3.84. The van der Waals surface area contributed by atoms with Crippen LogP contribution >= 0.6 is 15.9 Å². The fraction of sp³-hybridized carbons (Fsp3) is 0.455. The van der Waals surface area contributed by atoms with Crippen LogP contribution in [0, 0.1) is 5.82 Å². The highest BCUT2D eigenvalue weighted by atomic mass is 79.9. The van der Waals surface area contributed by atoms with Crippen LogP contribution in [-0.4, -0.2) is 26.0 Å². The van der Waals surface area contributed by atoms with Crippen molar-refractivity contribution in [3.63, 3.8) is 0 Å². The first-order valence-electron chi connectivity index (χ1n) is 5.12. The largest absolute Gasteiger partial charge is 0.491 e. The van der Waals surface area contributed by atoms with Gasteiger partial charge in [0.2, 0.25) is 0 Å². The number of hydrogen-bond donors (Lipinski definition) is 0. The molecule has 1 rings (SSSR count). The standard InChI is InChI=1S/C11H14BrFO3S/c1-8(2)17(14,15)6-5-16-11-7-9(13)3-4-10(11)12/h3-4,7-8H,5-6H2,1-2H3. The molecule has 1 aromatic rings. The lowest BCUT2D eigenvalue weighted by molar-refractivity contribution is 0.336. The molecule has 17 heavy (non-hydrogen) atoms. The smallest absolute Gasteiger partial charge is 0.155 e. The van der Waals surface area contributed by atoms with Crippen molar-refractivity contribution in [2.45, 2.75) is 19.1 Å². The second-order valence-corrected chi connectivity index (χ2v) is 7.37. The fourth-order valence-corrected chi connectivity index (χ4v) is 2.24. The number of halogens is 2. The highest BCUT2D eigenvalue weighted by Crippen LogP contribution is 2.25. The average molecular weight is 325 g/mol. The second kappa shape index (κ2) is 5.82. The summed E-state index contributed by atoms with van der Waals surface area (Å²) in [6, 6.07) is 4.02. The molecule has 96 valence electrons. The third-order valence-electron chi connectivity index (χ3n) is 2.24. The first-order valence-corrected chi connectivity index (χ1v) is 7.63. The predicted octanol–water partition coefficient (Wildman–Crippen LogP) is 2.79. The van der Waals surface area contributed by atoms with Crippen LogP contribution in [0.1, 0.15) is 13.8 Å². The molecular formula is C11H14BrFO3S. The Morgan fingerprint density at radius 2 is 2.06 bits per heavy atom. The van der Waals surface area contributed by atoms with Crippen molar-refractivity contribution in [2.75, 3.05) is 12.4 Å². The lowest BCUT2D eigenvalue weighted by Gasteiger charge is -2.10. The molecule has 0 aliphatic carbocycles. The van der Waals surface area contributed by atoms with Crippen molar-refractivity contribution >= 4 is 25.8 Å². The van der Waals surface area contributed by atoms with Crippen LogP contribution in [0.5, 0.6) is 5.75 Å². The molecule has 0 bridgehead atoms. The molecule has 0 amide bonds. The minimum absolute atomic E-state index is 0.0164. The van der Waals surface area contributed by atoms with E-state index in [2.05, 4.69) is 15.9 Å². The van der Waals surface area contributed by atoms with Crippen molar-refractivity contribution in [3.05, 3.63) is 28.5 Å². The minimum atomic E-state index is -3.13. The highest BCUT2D eigenvalue weighted by Gasteiger charge is 2.16. The van der Waals surface area contributed by atoms with Gasteiger partial charge in [-0.15, -0.1) is 0 Å². The zero-order valence-corrected chi connectivity index (χ0v) is 12.0. The lowest BCUT2D eigenvalue weighted by atomic mass is 10.3. The molecule has 0 atom stereocenters. The molecule has 0 unspecified atom stereocenters. The van der Waals surface area contributed by atoms with Gasteiger partial charge in [-0.05, 0) is 41.9 Å². The van der Waals surface area contributed by atoms with Crippen molar-refractivity contribution < 1.29 is 17.5 Å². The Balaban J connectivity index is 2.60. The molecule has 3 nitrogen and oxygen atoms in total. The molecule has 0 fully saturated rings. The summed E-state index contributed by atoms with van der Waals surface area (Å²) in [5.74, 6) is -0.188. The molecular weight excluding hydrogens is 311 g/mol. The van der Waals surface area contributed by atoms with E-state index < -0.39 is 20.9 Å². The van der Waals surface area contributed by atoms with E-state index in [1.807, 2.05) is 0 Å². The Labute approximate surface area is 109 Å². The summed E-state index contributed by atoms with van der Waals surface area (Å²) in [6.07, 6.45) is 0. The number of benzene rings is 1. The van der Waals surface area contributed by atoms with Gasteiger partial charge < -0.3 is 4.74 Å². The summed E-state index contributed by atoms with van der Waals surface area (Å²) >= 11 is 3.20. The van der Waals surface area contributed by atoms with Gasteiger partial charge in [0, 0.05) is 6.07 Å². The van der Waals surface area contributed by atoms with Crippen molar-refractivity contribution in [3.8, 4) is 5.75 Å². The van der Waals surface area contributed by atoms with Gasteiger partial charge in [0.25, 0.3) is 0 Å². The summed E-state index contributed by atoms with van der Waals surface area (Å²) < 4.78 is 41.8. The molecule has 0 aliphatic heterocycles. The molecule has 0 aromatic heterocycles. The van der Waals surface area contributed by atoms with Gasteiger partial charge in [-0.3, -0.25) is 0 Å². The molecule has 6 heteroatoms. The first-order chi connectivity index (χ1) is 7.83. The van der Waals surface area contributed by atoms with Crippen LogP contribution in [-0.2, 0) is 9.84 Å². The maximum absolute atomic E-state index is 12.9. The van der Waals surface area contributed by atoms with E-state index in [1.165, 1.54) is 18.2 Å². The quantitative estimate of drug-likeness (QED) is 0.836. The van der Waals surface area contributed by atoms with Crippen molar-refractivity contribution in [2.24, 2.45) is 0 Å². The Hall–Kier alpha value is -0.620. The molecule has 0 radical (unpaired) electrons. The first kappa shape index (κ1) is 14.4. The van der Waals surface area contributed by atoms with Gasteiger partial charge in [0.1, 0.15) is 18.2 Å². The summed E-state index contributed by atoms with van der Waals surface area (Å²) in [6.45, 7) is 3.25. The van der Waals surface area contributed by atoms with Gasteiger partial charge in [-0.25, -0.2) is 12.8 Å². The highest BCUT2D eigenvalue weighted by molar-refractivity contribution is 9.10. The number of rotatable bonds is 5. The van der Waals surface area contributed by atoms with Crippen LogP contribution in [0.3, 0.4) is 0 Å². The van der Waals surface area contributed by atoms with E-state index in [-0.39, 0.29) is 12.4 Å². The molecule has 0 spiro atoms. The number of ether oxygens (including phenoxy) is 1. The van der Waals surface area contributed by atoms with Gasteiger partial charge in [0.15, 0.2) is 9.84 Å².